The van der Waals surface area contributed by atoms with Crippen LogP contribution in [0.2, 0.25) is 0 Å². The minimum Gasteiger partial charge on any atom is -0.395 e. The van der Waals surface area contributed by atoms with Gasteiger partial charge in [0.1, 0.15) is 5.60 Å². The molecule has 11 heteroatoms. The molecule has 0 saturated heterocycles. The standard InChI is InChI=1S/C34H54O4.H4O5P2/c1-22-16-26(31(8,9)10)28(27(17-22)32(11,12)13)34(38,33(19-35,20-36)21-37)24-15-14-23(29(2,3)4)18-25(24)30(5,6)7;1-6(2)5-7(3)4/h14-18,35-38H,19-21H2,1-13H3;1-4H. The lowest BCUT2D eigenvalue weighted by atomic mass is 9.58. The molecule has 9 nitrogen and oxygen atoms in total. The summed E-state index contributed by atoms with van der Waals surface area (Å²) in [5, 5.41) is 46.0. The van der Waals surface area contributed by atoms with Gasteiger partial charge in [-0.25, -0.2) is 4.31 Å². The number of rotatable bonds is 8. The fraction of sp³-hybridized carbons (Fsp3) is 0.647. The molecule has 0 bridgehead atoms. The van der Waals surface area contributed by atoms with Crippen molar-refractivity contribution in [1.29, 1.82) is 0 Å². The highest BCUT2D eigenvalue weighted by molar-refractivity contribution is 7.53. The molecule has 0 amide bonds. The molecule has 2 rings (SSSR count). The molecule has 1 unspecified atom stereocenters. The number of hydrogen-bond donors (Lipinski definition) is 8. The third-order valence-electron chi connectivity index (χ3n) is 8.17. The van der Waals surface area contributed by atoms with Gasteiger partial charge in [-0.3, -0.25) is 0 Å². The van der Waals surface area contributed by atoms with Crippen LogP contribution in [-0.2, 0) is 31.6 Å². The summed E-state index contributed by atoms with van der Waals surface area (Å²) in [6.45, 7) is 25.8. The monoisotopic (exact) mass is 672 g/mol. The molecule has 0 aliphatic carbocycles. The second-order valence-corrected chi connectivity index (χ2v) is 17.7. The summed E-state index contributed by atoms with van der Waals surface area (Å²) in [6.07, 6.45) is 0. The van der Waals surface area contributed by atoms with Gasteiger partial charge in [-0.15, -0.1) is 0 Å². The Morgan fingerprint density at radius 3 is 1.20 bits per heavy atom. The normalized spacial score (nSPS) is 14.8. The molecule has 8 N–H and O–H groups in total. The van der Waals surface area contributed by atoms with E-state index in [0.29, 0.717) is 11.1 Å². The first kappa shape index (κ1) is 42.0. The van der Waals surface area contributed by atoms with Gasteiger partial charge in [0.25, 0.3) is 0 Å². The Labute approximate surface area is 273 Å². The lowest BCUT2D eigenvalue weighted by molar-refractivity contribution is -0.137. The minimum atomic E-state index is -2.61. The Balaban J connectivity index is 0.00000129. The largest absolute Gasteiger partial charge is 0.395 e. The zero-order valence-electron chi connectivity index (χ0n) is 29.4. The average molecular weight is 673 g/mol. The van der Waals surface area contributed by atoms with Crippen LogP contribution in [0.4, 0.5) is 0 Å². The van der Waals surface area contributed by atoms with Crippen LogP contribution in [0.15, 0.2) is 30.3 Å². The van der Waals surface area contributed by atoms with E-state index in [2.05, 4.69) is 113 Å². The van der Waals surface area contributed by atoms with Crippen LogP contribution in [-0.4, -0.2) is 59.8 Å². The van der Waals surface area contributed by atoms with Crippen molar-refractivity contribution in [1.82, 2.24) is 0 Å². The third-order valence-corrected chi connectivity index (χ3v) is 9.33. The Hall–Kier alpha value is -1.06. The first-order valence-corrected chi connectivity index (χ1v) is 17.4. The van der Waals surface area contributed by atoms with Gasteiger partial charge in [0.05, 0.1) is 25.2 Å². The van der Waals surface area contributed by atoms with Gasteiger partial charge < -0.3 is 40.0 Å². The number of hydrogen-bond acceptors (Lipinski definition) is 9. The lowest BCUT2D eigenvalue weighted by Crippen LogP contribution is -2.56. The van der Waals surface area contributed by atoms with Crippen molar-refractivity contribution in [3.63, 3.8) is 0 Å². The van der Waals surface area contributed by atoms with Gasteiger partial charge in [-0.05, 0) is 62.0 Å². The number of aryl methyl sites for hydroxylation is 1. The molecule has 45 heavy (non-hydrogen) atoms. The second-order valence-electron chi connectivity index (χ2n) is 16.0. The molecule has 0 spiro atoms. The molecule has 0 radical (unpaired) electrons. The topological polar surface area (TPSA) is 171 Å². The first-order chi connectivity index (χ1) is 20.1. The zero-order chi connectivity index (χ0) is 35.6. The van der Waals surface area contributed by atoms with Crippen LogP contribution >= 0.6 is 17.2 Å². The molecule has 0 saturated carbocycles. The fourth-order valence-corrected chi connectivity index (χ4v) is 6.07. The van der Waals surface area contributed by atoms with E-state index in [1.54, 1.807) is 0 Å². The molecular weight excluding hydrogens is 614 g/mol. The van der Waals surface area contributed by atoms with Gasteiger partial charge in [-0.2, -0.15) is 0 Å². The van der Waals surface area contributed by atoms with E-state index in [-0.39, 0.29) is 21.7 Å². The van der Waals surface area contributed by atoms with Gasteiger partial charge in [-0.1, -0.05) is 119 Å². The van der Waals surface area contributed by atoms with Crippen molar-refractivity contribution in [3.05, 3.63) is 69.3 Å². The van der Waals surface area contributed by atoms with Crippen molar-refractivity contribution < 1.29 is 44.3 Å². The third kappa shape index (κ3) is 9.74. The van der Waals surface area contributed by atoms with E-state index >= 15 is 0 Å². The van der Waals surface area contributed by atoms with Gasteiger partial charge in [0, 0.05) is 0 Å². The second kappa shape index (κ2) is 15.0. The average Bonchev–Trinajstić information content (AvgIpc) is 2.86. The van der Waals surface area contributed by atoms with Crippen molar-refractivity contribution in [2.45, 2.75) is 117 Å². The summed E-state index contributed by atoms with van der Waals surface area (Å²) in [4.78, 5) is 31.3. The number of aliphatic hydroxyl groups is 4. The molecule has 0 heterocycles. The van der Waals surface area contributed by atoms with Gasteiger partial charge in [0.15, 0.2) is 0 Å². The molecule has 2 aromatic rings. The molecule has 0 aliphatic rings. The van der Waals surface area contributed by atoms with E-state index in [4.69, 9.17) is 19.6 Å². The van der Waals surface area contributed by atoms with Crippen LogP contribution in [0.25, 0.3) is 0 Å². The molecule has 0 fully saturated rings. The van der Waals surface area contributed by atoms with Crippen LogP contribution in [0.3, 0.4) is 0 Å². The molecule has 258 valence electrons. The van der Waals surface area contributed by atoms with Crippen LogP contribution in [0.1, 0.15) is 122 Å². The maximum Gasteiger partial charge on any atom is 0.334 e. The summed E-state index contributed by atoms with van der Waals surface area (Å²) in [5.41, 5.74) is 1.50. The molecule has 1 atom stereocenters. The Morgan fingerprint density at radius 1 is 0.556 bits per heavy atom. The quantitative estimate of drug-likeness (QED) is 0.161. The van der Waals surface area contributed by atoms with Crippen molar-refractivity contribution >= 4 is 17.2 Å². The lowest BCUT2D eigenvalue weighted by Gasteiger charge is -2.50. The summed E-state index contributed by atoms with van der Waals surface area (Å²) in [5.74, 6) is 0. The highest BCUT2D eigenvalue weighted by Gasteiger charge is 2.56. The SMILES string of the molecule is Cc1cc(C(C)(C)C)c(C(O)(c2ccc(C(C)(C)C)cc2C(C)(C)C)C(CO)(CO)CO)c(C(C)(C)C)c1.OP(O)OP(O)O. The van der Waals surface area contributed by atoms with E-state index in [9.17, 15) is 20.4 Å². The van der Waals surface area contributed by atoms with Gasteiger partial charge in [0.2, 0.25) is 0 Å². The summed E-state index contributed by atoms with van der Waals surface area (Å²) < 4.78 is 3.60. The molecule has 0 aromatic heterocycles. The number of benzene rings is 2. The predicted octanol–water partition coefficient (Wildman–Crippen LogP) is 5.81. The molecule has 2 aromatic carbocycles. The van der Waals surface area contributed by atoms with Crippen LogP contribution < -0.4 is 0 Å². The molecule has 0 aliphatic heterocycles. The van der Waals surface area contributed by atoms with E-state index in [1.807, 2.05) is 12.1 Å². The fourth-order valence-electron chi connectivity index (χ4n) is 5.55. The van der Waals surface area contributed by atoms with E-state index in [1.165, 1.54) is 0 Å². The van der Waals surface area contributed by atoms with Crippen LogP contribution in [0, 0.1) is 12.3 Å². The Kier molecular flexibility index (Phi) is 14.0. The summed E-state index contributed by atoms with van der Waals surface area (Å²) in [7, 11) is -5.22. The smallest absolute Gasteiger partial charge is 0.334 e. The maximum atomic E-state index is 13.4. The Bertz CT molecular complexity index is 1210. The highest BCUT2D eigenvalue weighted by Crippen LogP contribution is 2.54. The first-order valence-electron chi connectivity index (χ1n) is 15.0. The van der Waals surface area contributed by atoms with E-state index < -0.39 is 48.0 Å². The summed E-state index contributed by atoms with van der Waals surface area (Å²) in [6, 6.07) is 10.3. The molecular formula is C34H58O9P2. The van der Waals surface area contributed by atoms with Crippen molar-refractivity contribution in [2.75, 3.05) is 19.8 Å². The highest BCUT2D eigenvalue weighted by atomic mass is 31.2. The minimum absolute atomic E-state index is 0.115. The maximum absolute atomic E-state index is 13.4. The predicted molar refractivity (Wildman–Crippen MR) is 183 cm³/mol. The van der Waals surface area contributed by atoms with E-state index in [0.717, 1.165) is 27.8 Å². The Morgan fingerprint density at radius 2 is 0.933 bits per heavy atom. The van der Waals surface area contributed by atoms with Gasteiger partial charge >= 0.3 is 17.2 Å². The zero-order valence-corrected chi connectivity index (χ0v) is 31.2. The van der Waals surface area contributed by atoms with Crippen molar-refractivity contribution in [2.24, 2.45) is 5.41 Å². The van der Waals surface area contributed by atoms with Crippen LogP contribution in [0.5, 0.6) is 0 Å². The summed E-state index contributed by atoms with van der Waals surface area (Å²) >= 11 is 0. The number of aliphatic hydroxyl groups excluding tert-OH is 3. The van der Waals surface area contributed by atoms with Crippen molar-refractivity contribution in [3.8, 4) is 0 Å².